The fourth-order valence-electron chi connectivity index (χ4n) is 1.83. The molecule has 2 nitrogen and oxygen atoms in total. The van der Waals surface area contributed by atoms with Gasteiger partial charge in [0.15, 0.2) is 0 Å². The Balaban J connectivity index is 1.94. The van der Waals surface area contributed by atoms with Gasteiger partial charge in [0, 0.05) is 6.04 Å². The third kappa shape index (κ3) is 1.32. The van der Waals surface area contributed by atoms with Gasteiger partial charge in [0.1, 0.15) is 0 Å². The average molecular weight is 141 g/mol. The number of ether oxygens (including phenoxy) is 1. The molecule has 0 saturated carbocycles. The third-order valence-corrected chi connectivity index (χ3v) is 2.51. The van der Waals surface area contributed by atoms with E-state index in [0.717, 1.165) is 6.61 Å². The number of fused-ring (bicyclic) bond motifs is 5. The number of hydrogen-bond acceptors (Lipinski definition) is 2. The van der Waals surface area contributed by atoms with Crippen molar-refractivity contribution >= 4 is 0 Å². The molecule has 0 spiro atoms. The number of hydrogen-bond donors (Lipinski definition) is 1. The SMILES string of the molecule is C1CNC2CCC(C1)OC2. The highest BCUT2D eigenvalue weighted by Gasteiger charge is 2.22. The van der Waals surface area contributed by atoms with Gasteiger partial charge < -0.3 is 10.1 Å². The first-order chi connectivity index (χ1) is 4.95. The summed E-state index contributed by atoms with van der Waals surface area (Å²) >= 11 is 0. The molecule has 3 heterocycles. The average Bonchev–Trinajstić information content (AvgIpc) is 1.89. The monoisotopic (exact) mass is 141 g/mol. The van der Waals surface area contributed by atoms with Crippen molar-refractivity contribution in [3.8, 4) is 0 Å². The van der Waals surface area contributed by atoms with Crippen LogP contribution in [0.1, 0.15) is 25.7 Å². The van der Waals surface area contributed by atoms with E-state index in [1.807, 2.05) is 0 Å². The highest BCUT2D eigenvalue weighted by Crippen LogP contribution is 2.19. The molecule has 58 valence electrons. The molecule has 3 saturated heterocycles. The Hall–Kier alpha value is -0.0800. The molecule has 3 aliphatic heterocycles. The number of nitrogens with one attached hydrogen (secondary N) is 1. The van der Waals surface area contributed by atoms with E-state index in [9.17, 15) is 0 Å². The second-order valence-corrected chi connectivity index (χ2v) is 3.33. The van der Waals surface area contributed by atoms with Crippen LogP contribution in [0, 0.1) is 0 Å². The molecule has 3 aliphatic rings. The van der Waals surface area contributed by atoms with Gasteiger partial charge in [-0.3, -0.25) is 0 Å². The molecule has 3 fully saturated rings. The highest BCUT2D eigenvalue weighted by atomic mass is 16.5. The van der Waals surface area contributed by atoms with E-state index < -0.39 is 0 Å². The van der Waals surface area contributed by atoms with E-state index >= 15 is 0 Å². The minimum Gasteiger partial charge on any atom is -0.377 e. The maximum absolute atomic E-state index is 5.62. The minimum absolute atomic E-state index is 0.596. The second-order valence-electron chi connectivity index (χ2n) is 3.33. The molecule has 3 rings (SSSR count). The summed E-state index contributed by atoms with van der Waals surface area (Å²) in [5, 5.41) is 3.48. The van der Waals surface area contributed by atoms with Crippen LogP contribution in [0.15, 0.2) is 0 Å². The smallest absolute Gasteiger partial charge is 0.0623 e. The first-order valence-corrected chi connectivity index (χ1v) is 4.30. The molecule has 1 N–H and O–H groups in total. The van der Waals surface area contributed by atoms with Gasteiger partial charge in [0.25, 0.3) is 0 Å². The molecule has 2 unspecified atom stereocenters. The zero-order valence-corrected chi connectivity index (χ0v) is 6.31. The molecule has 0 aromatic heterocycles. The van der Waals surface area contributed by atoms with E-state index in [-0.39, 0.29) is 0 Å². The third-order valence-electron chi connectivity index (χ3n) is 2.51. The summed E-state index contributed by atoms with van der Waals surface area (Å²) in [5.41, 5.74) is 0. The van der Waals surface area contributed by atoms with Crippen molar-refractivity contribution < 1.29 is 4.74 Å². The Morgan fingerprint density at radius 3 is 3.00 bits per heavy atom. The van der Waals surface area contributed by atoms with Crippen LogP contribution in [0.25, 0.3) is 0 Å². The molecule has 10 heavy (non-hydrogen) atoms. The Bertz CT molecular complexity index is 88.3. The lowest BCUT2D eigenvalue weighted by atomic mass is 9.99. The largest absolute Gasteiger partial charge is 0.377 e. The molecular formula is C8H15NO. The normalized spacial score (nSPS) is 40.8. The Morgan fingerprint density at radius 2 is 2.20 bits per heavy atom. The standard InChI is InChI=1S/C8H15NO/c1-2-8-4-3-7(6-10-8)9-5-1/h7-9H,1-6H2. The Morgan fingerprint density at radius 1 is 1.20 bits per heavy atom. The summed E-state index contributed by atoms with van der Waals surface area (Å²) in [5.74, 6) is 0. The quantitative estimate of drug-likeness (QED) is 0.541. The lowest BCUT2D eigenvalue weighted by molar-refractivity contribution is -0.0170. The molecule has 2 atom stereocenters. The first kappa shape index (κ1) is 6.62. The van der Waals surface area contributed by atoms with E-state index in [2.05, 4.69) is 5.32 Å². The van der Waals surface area contributed by atoms with Crippen LogP contribution in [0.2, 0.25) is 0 Å². The fourth-order valence-corrected chi connectivity index (χ4v) is 1.83. The predicted molar refractivity (Wildman–Crippen MR) is 40.0 cm³/mol. The van der Waals surface area contributed by atoms with Crippen molar-refractivity contribution in [1.29, 1.82) is 0 Å². The van der Waals surface area contributed by atoms with Gasteiger partial charge in [0.05, 0.1) is 12.7 Å². The lowest BCUT2D eigenvalue weighted by Crippen LogP contribution is -2.42. The van der Waals surface area contributed by atoms with Crippen molar-refractivity contribution in [1.82, 2.24) is 5.32 Å². The molecule has 2 bridgehead atoms. The van der Waals surface area contributed by atoms with E-state index in [4.69, 9.17) is 4.74 Å². The molecule has 0 aromatic carbocycles. The molecule has 0 amide bonds. The van der Waals surface area contributed by atoms with Crippen LogP contribution in [-0.2, 0) is 4.74 Å². The highest BCUT2D eigenvalue weighted by molar-refractivity contribution is 4.78. The van der Waals surface area contributed by atoms with Crippen LogP contribution in [0.3, 0.4) is 0 Å². The zero-order valence-electron chi connectivity index (χ0n) is 6.31. The van der Waals surface area contributed by atoms with Gasteiger partial charge in [-0.2, -0.15) is 0 Å². The van der Waals surface area contributed by atoms with Crippen LogP contribution < -0.4 is 5.32 Å². The van der Waals surface area contributed by atoms with Crippen LogP contribution in [0.4, 0.5) is 0 Å². The zero-order chi connectivity index (χ0) is 6.81. The van der Waals surface area contributed by atoms with E-state index in [1.54, 1.807) is 0 Å². The molecular weight excluding hydrogens is 126 g/mol. The van der Waals surface area contributed by atoms with Gasteiger partial charge in [-0.1, -0.05) is 0 Å². The maximum Gasteiger partial charge on any atom is 0.0623 e. The summed E-state index contributed by atoms with van der Waals surface area (Å²) in [6.45, 7) is 2.15. The van der Waals surface area contributed by atoms with Crippen LogP contribution in [-0.4, -0.2) is 25.3 Å². The van der Waals surface area contributed by atoms with Crippen molar-refractivity contribution in [3.63, 3.8) is 0 Å². The first-order valence-electron chi connectivity index (χ1n) is 4.30. The topological polar surface area (TPSA) is 21.3 Å². The molecule has 0 aliphatic carbocycles. The van der Waals surface area contributed by atoms with Crippen LogP contribution in [0.5, 0.6) is 0 Å². The summed E-state index contributed by atoms with van der Waals surface area (Å²) in [6, 6.07) is 0.663. The van der Waals surface area contributed by atoms with E-state index in [0.29, 0.717) is 12.1 Å². The predicted octanol–water partition coefficient (Wildman–Crippen LogP) is 0.917. The second kappa shape index (κ2) is 2.89. The van der Waals surface area contributed by atoms with Gasteiger partial charge in [-0.05, 0) is 32.2 Å². The van der Waals surface area contributed by atoms with E-state index in [1.165, 1.54) is 32.2 Å². The van der Waals surface area contributed by atoms with Crippen LogP contribution >= 0.6 is 0 Å². The van der Waals surface area contributed by atoms with Crippen molar-refractivity contribution in [2.75, 3.05) is 13.2 Å². The molecule has 0 radical (unpaired) electrons. The van der Waals surface area contributed by atoms with Gasteiger partial charge >= 0.3 is 0 Å². The summed E-state index contributed by atoms with van der Waals surface area (Å²) in [6.07, 6.45) is 5.75. The van der Waals surface area contributed by atoms with Crippen molar-refractivity contribution in [2.24, 2.45) is 0 Å². The summed E-state index contributed by atoms with van der Waals surface area (Å²) in [7, 11) is 0. The maximum atomic E-state index is 5.62. The summed E-state index contributed by atoms with van der Waals surface area (Å²) < 4.78 is 5.62. The minimum atomic E-state index is 0.596. The fraction of sp³-hybridized carbons (Fsp3) is 1.00. The Kier molecular flexibility index (Phi) is 1.91. The van der Waals surface area contributed by atoms with Gasteiger partial charge in [0.2, 0.25) is 0 Å². The lowest BCUT2D eigenvalue weighted by Gasteiger charge is -2.32. The van der Waals surface area contributed by atoms with Crippen molar-refractivity contribution in [2.45, 2.75) is 37.8 Å². The Labute approximate surface area is 61.9 Å². The number of rotatable bonds is 0. The summed E-state index contributed by atoms with van der Waals surface area (Å²) in [4.78, 5) is 0. The van der Waals surface area contributed by atoms with Crippen molar-refractivity contribution in [3.05, 3.63) is 0 Å². The molecule has 0 aromatic rings. The molecule has 2 heteroatoms. The van der Waals surface area contributed by atoms with Gasteiger partial charge in [-0.25, -0.2) is 0 Å². The van der Waals surface area contributed by atoms with Gasteiger partial charge in [-0.15, -0.1) is 0 Å².